The van der Waals surface area contributed by atoms with E-state index in [1.807, 2.05) is 0 Å². The lowest BCUT2D eigenvalue weighted by atomic mass is 9.94. The molecule has 0 spiro atoms. The molecular formula is C11H25N2+. The molecule has 1 fully saturated rings. The number of likely N-dealkylation sites (N-methyl/N-ethyl adjacent to an activating group) is 2. The summed E-state index contributed by atoms with van der Waals surface area (Å²) >= 11 is 0. The number of rotatable bonds is 1. The maximum atomic E-state index is 2.43. The van der Waals surface area contributed by atoms with Gasteiger partial charge in [-0.25, -0.2) is 0 Å². The van der Waals surface area contributed by atoms with E-state index in [2.05, 4.69) is 39.8 Å². The molecule has 1 saturated heterocycles. The number of hydrogen-bond acceptors (Lipinski definition) is 1. The fourth-order valence-electron chi connectivity index (χ4n) is 2.35. The Balaban J connectivity index is 2.48. The molecule has 1 aliphatic rings. The van der Waals surface area contributed by atoms with Crippen LogP contribution in [0.1, 0.15) is 20.8 Å². The van der Waals surface area contributed by atoms with Gasteiger partial charge in [0.05, 0.1) is 26.7 Å². The predicted molar refractivity (Wildman–Crippen MR) is 57.7 cm³/mol. The molecule has 0 saturated carbocycles. The van der Waals surface area contributed by atoms with E-state index in [4.69, 9.17) is 0 Å². The molecule has 1 aliphatic heterocycles. The van der Waals surface area contributed by atoms with Crippen molar-refractivity contribution in [3.8, 4) is 0 Å². The van der Waals surface area contributed by atoms with Gasteiger partial charge in [0, 0.05) is 18.5 Å². The number of quaternary nitrogens is 1. The van der Waals surface area contributed by atoms with Gasteiger partial charge in [0.25, 0.3) is 0 Å². The van der Waals surface area contributed by atoms with Crippen LogP contribution in [0.2, 0.25) is 0 Å². The van der Waals surface area contributed by atoms with Crippen molar-refractivity contribution < 1.29 is 4.48 Å². The van der Waals surface area contributed by atoms with Crippen LogP contribution in [0.5, 0.6) is 0 Å². The van der Waals surface area contributed by atoms with Crippen molar-refractivity contribution in [1.29, 1.82) is 0 Å². The van der Waals surface area contributed by atoms with E-state index in [1.54, 1.807) is 0 Å². The molecule has 0 N–H and O–H groups in total. The molecule has 2 heteroatoms. The minimum atomic E-state index is 0.463. The van der Waals surface area contributed by atoms with Crippen LogP contribution in [0.4, 0.5) is 0 Å². The summed E-state index contributed by atoms with van der Waals surface area (Å²) in [5.41, 5.74) is 0.463. The van der Waals surface area contributed by atoms with Crippen molar-refractivity contribution in [3.63, 3.8) is 0 Å². The largest absolute Gasteiger partial charge is 0.323 e. The number of hydrogen-bond donors (Lipinski definition) is 0. The maximum Gasteiger partial charge on any atom is 0.0914 e. The lowest BCUT2D eigenvalue weighted by Gasteiger charge is -2.44. The average molecular weight is 185 g/mol. The molecule has 13 heavy (non-hydrogen) atoms. The van der Waals surface area contributed by atoms with Gasteiger partial charge in [-0.3, -0.25) is 4.90 Å². The van der Waals surface area contributed by atoms with Gasteiger partial charge < -0.3 is 4.48 Å². The van der Waals surface area contributed by atoms with Gasteiger partial charge in [0.1, 0.15) is 0 Å². The van der Waals surface area contributed by atoms with E-state index in [0.29, 0.717) is 5.41 Å². The summed E-state index contributed by atoms with van der Waals surface area (Å²) < 4.78 is 1.26. The molecule has 0 aromatic carbocycles. The Hall–Kier alpha value is -0.0800. The van der Waals surface area contributed by atoms with Crippen LogP contribution in [-0.4, -0.2) is 56.2 Å². The molecule has 0 aromatic rings. The van der Waals surface area contributed by atoms with E-state index in [0.717, 1.165) is 0 Å². The summed E-state index contributed by atoms with van der Waals surface area (Å²) in [5.74, 6) is 0. The van der Waals surface area contributed by atoms with Crippen molar-refractivity contribution in [2.75, 3.05) is 46.8 Å². The monoisotopic (exact) mass is 185 g/mol. The summed E-state index contributed by atoms with van der Waals surface area (Å²) in [6.45, 7) is 13.5. The third kappa shape index (κ3) is 3.65. The third-order valence-electron chi connectivity index (χ3n) is 2.90. The first-order chi connectivity index (χ1) is 5.81. The molecule has 2 nitrogen and oxygen atoms in total. The predicted octanol–water partition coefficient (Wildman–Crippen LogP) is 1.42. The van der Waals surface area contributed by atoms with Crippen LogP contribution >= 0.6 is 0 Å². The number of nitrogens with zero attached hydrogens (tertiary/aromatic N) is 2. The van der Waals surface area contributed by atoms with Crippen LogP contribution in [-0.2, 0) is 0 Å². The molecule has 78 valence electrons. The van der Waals surface area contributed by atoms with Gasteiger partial charge >= 0.3 is 0 Å². The van der Waals surface area contributed by atoms with Gasteiger partial charge in [-0.05, 0) is 7.05 Å². The molecule has 0 amide bonds. The lowest BCUT2D eigenvalue weighted by Crippen LogP contribution is -2.58. The Bertz CT molecular complexity index is 161. The van der Waals surface area contributed by atoms with Crippen LogP contribution < -0.4 is 0 Å². The zero-order valence-corrected chi connectivity index (χ0v) is 9.93. The van der Waals surface area contributed by atoms with Crippen molar-refractivity contribution in [1.82, 2.24) is 4.90 Å². The highest BCUT2D eigenvalue weighted by Crippen LogP contribution is 2.21. The first kappa shape index (κ1) is 11.0. The molecule has 0 bridgehead atoms. The zero-order chi connectivity index (χ0) is 10.1. The lowest BCUT2D eigenvalue weighted by molar-refractivity contribution is -0.919. The highest BCUT2D eigenvalue weighted by atomic mass is 15.4. The first-order valence-electron chi connectivity index (χ1n) is 5.33. The minimum absolute atomic E-state index is 0.463. The van der Waals surface area contributed by atoms with Gasteiger partial charge in [0.2, 0.25) is 0 Å². The molecular weight excluding hydrogens is 160 g/mol. The summed E-state index contributed by atoms with van der Waals surface area (Å²) in [7, 11) is 4.62. The van der Waals surface area contributed by atoms with E-state index >= 15 is 0 Å². The minimum Gasteiger partial charge on any atom is -0.323 e. The molecule has 0 unspecified atom stereocenters. The SMILES string of the molecule is CN1CC[N+](C)(CC(C)(C)C)CC1. The van der Waals surface area contributed by atoms with Gasteiger partial charge in [-0.2, -0.15) is 0 Å². The highest BCUT2D eigenvalue weighted by molar-refractivity contribution is 4.65. The third-order valence-corrected chi connectivity index (χ3v) is 2.90. The Morgan fingerprint density at radius 1 is 1.15 bits per heavy atom. The summed E-state index contributed by atoms with van der Waals surface area (Å²) in [4.78, 5) is 2.43. The molecule has 0 radical (unpaired) electrons. The quantitative estimate of drug-likeness (QED) is 0.559. The molecule has 1 heterocycles. The van der Waals surface area contributed by atoms with Crippen molar-refractivity contribution >= 4 is 0 Å². The Kier molecular flexibility index (Phi) is 3.03. The Morgan fingerprint density at radius 2 is 1.62 bits per heavy atom. The number of piperazine rings is 1. The Morgan fingerprint density at radius 3 is 2.00 bits per heavy atom. The Labute approximate surface area is 83.1 Å². The molecule has 0 atom stereocenters. The maximum absolute atomic E-state index is 2.43. The summed E-state index contributed by atoms with van der Waals surface area (Å²) in [6, 6.07) is 0. The standard InChI is InChI=1S/C11H25N2/c1-11(2,3)10-13(5)8-6-12(4)7-9-13/h6-10H2,1-5H3/q+1. The van der Waals surface area contributed by atoms with Crippen molar-refractivity contribution in [2.45, 2.75) is 20.8 Å². The second-order valence-electron chi connectivity index (χ2n) is 6.09. The van der Waals surface area contributed by atoms with Gasteiger partial charge in [-0.15, -0.1) is 0 Å². The zero-order valence-electron chi connectivity index (χ0n) is 9.93. The average Bonchev–Trinajstić information content (AvgIpc) is 1.92. The van der Waals surface area contributed by atoms with Crippen LogP contribution in [0.25, 0.3) is 0 Å². The normalized spacial score (nSPS) is 24.7. The van der Waals surface area contributed by atoms with Crippen molar-refractivity contribution in [3.05, 3.63) is 0 Å². The van der Waals surface area contributed by atoms with Crippen LogP contribution in [0.3, 0.4) is 0 Å². The van der Waals surface area contributed by atoms with Crippen molar-refractivity contribution in [2.24, 2.45) is 5.41 Å². The molecule has 0 aromatic heterocycles. The first-order valence-corrected chi connectivity index (χ1v) is 5.33. The molecule has 1 rings (SSSR count). The van der Waals surface area contributed by atoms with Gasteiger partial charge in [0.15, 0.2) is 0 Å². The van der Waals surface area contributed by atoms with E-state index in [-0.39, 0.29) is 0 Å². The second-order valence-corrected chi connectivity index (χ2v) is 6.09. The topological polar surface area (TPSA) is 3.24 Å². The fourth-order valence-corrected chi connectivity index (χ4v) is 2.35. The van der Waals surface area contributed by atoms with E-state index < -0.39 is 0 Å². The van der Waals surface area contributed by atoms with E-state index in [9.17, 15) is 0 Å². The van der Waals surface area contributed by atoms with Crippen LogP contribution in [0, 0.1) is 5.41 Å². The van der Waals surface area contributed by atoms with Crippen LogP contribution in [0.15, 0.2) is 0 Å². The smallest absolute Gasteiger partial charge is 0.0914 e. The second kappa shape index (κ2) is 3.58. The summed E-state index contributed by atoms with van der Waals surface area (Å²) in [6.07, 6.45) is 0. The highest BCUT2D eigenvalue weighted by Gasteiger charge is 2.31. The van der Waals surface area contributed by atoms with E-state index in [1.165, 1.54) is 37.2 Å². The molecule has 0 aliphatic carbocycles. The summed E-state index contributed by atoms with van der Waals surface area (Å²) in [5, 5.41) is 0. The van der Waals surface area contributed by atoms with Gasteiger partial charge in [-0.1, -0.05) is 20.8 Å². The fraction of sp³-hybridized carbons (Fsp3) is 1.00.